The van der Waals surface area contributed by atoms with E-state index in [1.165, 1.54) is 24.3 Å². The number of hydrogen-bond donors (Lipinski definition) is 1. The molecule has 1 fully saturated rings. The number of rotatable bonds is 6. The number of aromatic nitrogens is 2. The molecule has 1 aromatic heterocycles. The predicted molar refractivity (Wildman–Crippen MR) is 88.7 cm³/mol. The lowest BCUT2D eigenvalue weighted by molar-refractivity contribution is -0.124. The molecule has 0 unspecified atom stereocenters. The van der Waals surface area contributed by atoms with Gasteiger partial charge in [0.05, 0.1) is 12.4 Å². The Morgan fingerprint density at radius 3 is 2.35 bits per heavy atom. The molecule has 0 radical (unpaired) electrons. The van der Waals surface area contributed by atoms with Crippen LogP contribution in [0.1, 0.15) is 25.7 Å². The van der Waals surface area contributed by atoms with Gasteiger partial charge in [-0.05, 0) is 49.9 Å². The normalized spacial score (nSPS) is 19.6. The number of carbonyl (C=O) groups excluding carboxylic acids is 1. The maximum Gasteiger partial charge on any atom is 0.316 e. The van der Waals surface area contributed by atoms with Crippen molar-refractivity contribution >= 4 is 5.91 Å². The Morgan fingerprint density at radius 1 is 1.04 bits per heavy atom. The number of nitrogens with zero attached hydrogens (tertiary/aromatic N) is 2. The summed E-state index contributed by atoms with van der Waals surface area (Å²) in [4.78, 5) is 19.5. The van der Waals surface area contributed by atoms with Crippen molar-refractivity contribution in [3.8, 4) is 11.8 Å². The summed E-state index contributed by atoms with van der Waals surface area (Å²) < 4.78 is 36.5. The van der Waals surface area contributed by atoms with E-state index < -0.39 is 5.82 Å². The predicted octanol–water partition coefficient (Wildman–Crippen LogP) is 2.64. The monoisotopic (exact) mass is 363 g/mol. The van der Waals surface area contributed by atoms with Crippen LogP contribution in [0.4, 0.5) is 8.78 Å². The first-order chi connectivity index (χ1) is 12.6. The van der Waals surface area contributed by atoms with Crippen LogP contribution in [0.15, 0.2) is 36.7 Å². The van der Waals surface area contributed by atoms with Crippen LogP contribution in [0, 0.1) is 11.6 Å². The molecule has 3 rings (SSSR count). The minimum atomic E-state index is -0.508. The smallest absolute Gasteiger partial charge is 0.316 e. The van der Waals surface area contributed by atoms with Crippen molar-refractivity contribution in [3.05, 3.63) is 48.3 Å². The number of nitrogens with one attached hydrogen (secondary N) is 1. The summed E-state index contributed by atoms with van der Waals surface area (Å²) in [6.07, 6.45) is 5.08. The minimum Gasteiger partial charge on any atom is -0.484 e. The molecule has 1 aliphatic rings. The molecule has 1 amide bonds. The van der Waals surface area contributed by atoms with Gasteiger partial charge in [0.2, 0.25) is 0 Å². The molecule has 0 bridgehead atoms. The molecular formula is C18H19F2N3O3. The molecule has 26 heavy (non-hydrogen) atoms. The summed E-state index contributed by atoms with van der Waals surface area (Å²) in [6, 6.07) is 5.71. The Kier molecular flexibility index (Phi) is 5.93. The SMILES string of the molecule is O=C(COc1ccc(F)cc1)NC1CCC(Oc2ncc(F)cn2)CC1. The summed E-state index contributed by atoms with van der Waals surface area (Å²) in [7, 11) is 0. The molecule has 1 aromatic carbocycles. The zero-order chi connectivity index (χ0) is 18.4. The fourth-order valence-electron chi connectivity index (χ4n) is 2.78. The lowest BCUT2D eigenvalue weighted by atomic mass is 9.93. The Morgan fingerprint density at radius 2 is 1.69 bits per heavy atom. The molecule has 138 valence electrons. The zero-order valence-corrected chi connectivity index (χ0v) is 14.0. The van der Waals surface area contributed by atoms with Crippen LogP contribution in [-0.4, -0.2) is 34.6 Å². The molecule has 0 spiro atoms. The maximum absolute atomic E-state index is 12.8. The molecule has 1 saturated carbocycles. The zero-order valence-electron chi connectivity index (χ0n) is 14.0. The van der Waals surface area contributed by atoms with Crippen LogP contribution < -0.4 is 14.8 Å². The summed E-state index contributed by atoms with van der Waals surface area (Å²) in [6.45, 7) is -0.120. The topological polar surface area (TPSA) is 73.3 Å². The molecule has 0 aliphatic heterocycles. The number of benzene rings is 1. The summed E-state index contributed by atoms with van der Waals surface area (Å²) in [5, 5.41) is 2.92. The Bertz CT molecular complexity index is 717. The first-order valence-corrected chi connectivity index (χ1v) is 8.40. The van der Waals surface area contributed by atoms with E-state index in [2.05, 4.69) is 15.3 Å². The van der Waals surface area contributed by atoms with Crippen LogP contribution in [0.3, 0.4) is 0 Å². The van der Waals surface area contributed by atoms with E-state index in [-0.39, 0.29) is 36.5 Å². The second-order valence-electron chi connectivity index (χ2n) is 6.09. The van der Waals surface area contributed by atoms with Gasteiger partial charge in [0.15, 0.2) is 12.4 Å². The van der Waals surface area contributed by atoms with Gasteiger partial charge in [-0.3, -0.25) is 4.79 Å². The van der Waals surface area contributed by atoms with Crippen molar-refractivity contribution in [2.24, 2.45) is 0 Å². The van der Waals surface area contributed by atoms with Gasteiger partial charge < -0.3 is 14.8 Å². The van der Waals surface area contributed by atoms with Gasteiger partial charge in [0, 0.05) is 6.04 Å². The van der Waals surface area contributed by atoms with E-state index in [4.69, 9.17) is 9.47 Å². The average Bonchev–Trinajstić information content (AvgIpc) is 2.65. The minimum absolute atomic E-state index is 0.0494. The highest BCUT2D eigenvalue weighted by atomic mass is 19.1. The first-order valence-electron chi connectivity index (χ1n) is 8.40. The Hall–Kier alpha value is -2.77. The fourth-order valence-corrected chi connectivity index (χ4v) is 2.78. The van der Waals surface area contributed by atoms with Crippen LogP contribution in [0.2, 0.25) is 0 Å². The fraction of sp³-hybridized carbons (Fsp3) is 0.389. The van der Waals surface area contributed by atoms with E-state index in [0.29, 0.717) is 5.75 Å². The number of carbonyl (C=O) groups is 1. The van der Waals surface area contributed by atoms with Crippen LogP contribution >= 0.6 is 0 Å². The number of hydrogen-bond acceptors (Lipinski definition) is 5. The molecule has 1 aliphatic carbocycles. The number of halogens is 2. The van der Waals surface area contributed by atoms with Crippen molar-refractivity contribution in [2.45, 2.75) is 37.8 Å². The summed E-state index contributed by atoms with van der Waals surface area (Å²) in [5.41, 5.74) is 0. The third-order valence-electron chi connectivity index (χ3n) is 4.09. The van der Waals surface area contributed by atoms with Crippen LogP contribution in [0.25, 0.3) is 0 Å². The van der Waals surface area contributed by atoms with Gasteiger partial charge in [-0.15, -0.1) is 0 Å². The van der Waals surface area contributed by atoms with Gasteiger partial charge in [-0.1, -0.05) is 0 Å². The summed E-state index contributed by atoms with van der Waals surface area (Å²) in [5.74, 6) is -0.642. The van der Waals surface area contributed by atoms with E-state index in [0.717, 1.165) is 38.1 Å². The van der Waals surface area contributed by atoms with Crippen molar-refractivity contribution in [1.82, 2.24) is 15.3 Å². The van der Waals surface area contributed by atoms with Crippen molar-refractivity contribution in [3.63, 3.8) is 0 Å². The third kappa shape index (κ3) is 5.37. The van der Waals surface area contributed by atoms with Crippen molar-refractivity contribution in [2.75, 3.05) is 6.61 Å². The van der Waals surface area contributed by atoms with Crippen LogP contribution in [0.5, 0.6) is 11.8 Å². The summed E-state index contributed by atoms with van der Waals surface area (Å²) >= 11 is 0. The lowest BCUT2D eigenvalue weighted by Gasteiger charge is -2.28. The van der Waals surface area contributed by atoms with E-state index >= 15 is 0 Å². The molecule has 1 N–H and O–H groups in total. The number of ether oxygens (including phenoxy) is 2. The first kappa shape index (κ1) is 18.0. The molecule has 8 heteroatoms. The van der Waals surface area contributed by atoms with Gasteiger partial charge >= 0.3 is 6.01 Å². The van der Waals surface area contributed by atoms with Crippen molar-refractivity contribution < 1.29 is 23.0 Å². The lowest BCUT2D eigenvalue weighted by Crippen LogP contribution is -2.41. The standard InChI is InChI=1S/C18H19F2N3O3/c19-12-1-5-15(6-2-12)25-11-17(24)23-14-3-7-16(8-4-14)26-18-21-9-13(20)10-22-18/h1-2,5-6,9-10,14,16H,3-4,7-8,11H2,(H,23,24). The largest absolute Gasteiger partial charge is 0.484 e. The maximum atomic E-state index is 12.8. The van der Waals surface area contributed by atoms with Gasteiger partial charge in [-0.25, -0.2) is 18.7 Å². The van der Waals surface area contributed by atoms with Crippen molar-refractivity contribution in [1.29, 1.82) is 0 Å². The quantitative estimate of drug-likeness (QED) is 0.854. The van der Waals surface area contributed by atoms with Crippen LogP contribution in [-0.2, 0) is 4.79 Å². The molecule has 0 atom stereocenters. The second-order valence-corrected chi connectivity index (χ2v) is 6.09. The highest BCUT2D eigenvalue weighted by Crippen LogP contribution is 2.22. The molecular weight excluding hydrogens is 344 g/mol. The highest BCUT2D eigenvalue weighted by Gasteiger charge is 2.24. The second kappa shape index (κ2) is 8.55. The average molecular weight is 363 g/mol. The molecule has 6 nitrogen and oxygen atoms in total. The van der Waals surface area contributed by atoms with Gasteiger partial charge in [-0.2, -0.15) is 0 Å². The Labute approximate surface area is 149 Å². The van der Waals surface area contributed by atoms with E-state index in [1.54, 1.807) is 0 Å². The van der Waals surface area contributed by atoms with Gasteiger partial charge in [0.1, 0.15) is 17.7 Å². The molecule has 0 saturated heterocycles. The third-order valence-corrected chi connectivity index (χ3v) is 4.09. The molecule has 2 aromatic rings. The molecule has 1 heterocycles. The van der Waals surface area contributed by atoms with E-state index in [9.17, 15) is 13.6 Å². The van der Waals surface area contributed by atoms with E-state index in [1.807, 2.05) is 0 Å². The highest BCUT2D eigenvalue weighted by molar-refractivity contribution is 5.77. The Balaban J connectivity index is 1.37. The van der Waals surface area contributed by atoms with Gasteiger partial charge in [0.25, 0.3) is 5.91 Å². The number of amides is 1.